The number of amides is 1. The minimum atomic E-state index is -3.77. The highest BCUT2D eigenvalue weighted by Crippen LogP contribution is 2.13. The second-order valence-corrected chi connectivity index (χ2v) is 8.79. The lowest BCUT2D eigenvalue weighted by Crippen LogP contribution is -2.50. The molecule has 0 radical (unpaired) electrons. The van der Waals surface area contributed by atoms with Gasteiger partial charge >= 0.3 is 0 Å². The molecule has 2 rings (SSSR count). The Bertz CT molecular complexity index is 1010. The highest BCUT2D eigenvalue weighted by atomic mass is 35.5. The minimum Gasteiger partial charge on any atom is -0.393 e. The number of nitrogens with two attached hydrogens (primary N) is 2. The Hall–Kier alpha value is -2.70. The van der Waals surface area contributed by atoms with Gasteiger partial charge in [0.1, 0.15) is 0 Å². The summed E-state index contributed by atoms with van der Waals surface area (Å²) >= 11 is 5.87. The molecule has 31 heavy (non-hydrogen) atoms. The molecule has 0 spiro atoms. The maximum atomic E-state index is 12.3. The number of halogens is 1. The van der Waals surface area contributed by atoms with Gasteiger partial charge in [-0.25, -0.2) is 13.4 Å². The van der Waals surface area contributed by atoms with Gasteiger partial charge in [0, 0.05) is 11.6 Å². The molecule has 1 amide bonds. The van der Waals surface area contributed by atoms with Crippen molar-refractivity contribution < 1.29 is 18.3 Å². The number of aliphatic hydroxyl groups is 1. The molecule has 12 heteroatoms. The van der Waals surface area contributed by atoms with Gasteiger partial charge in [-0.1, -0.05) is 35.9 Å². The Morgan fingerprint density at radius 3 is 2.45 bits per heavy atom. The summed E-state index contributed by atoms with van der Waals surface area (Å²) in [6.45, 7) is -0.474. The van der Waals surface area contributed by atoms with E-state index in [9.17, 15) is 18.3 Å². The first kappa shape index (κ1) is 24.6. The van der Waals surface area contributed by atoms with Crippen molar-refractivity contribution in [2.45, 2.75) is 18.5 Å². The maximum Gasteiger partial charge on any atom is 0.234 e. The van der Waals surface area contributed by atoms with Crippen molar-refractivity contribution in [3.8, 4) is 0 Å². The third kappa shape index (κ3) is 9.32. The van der Waals surface area contributed by atoms with E-state index in [-0.39, 0.29) is 30.7 Å². The first-order valence-electron chi connectivity index (χ1n) is 9.21. The quantitative estimate of drug-likeness (QED) is 0.151. The van der Waals surface area contributed by atoms with E-state index in [1.807, 2.05) is 0 Å². The van der Waals surface area contributed by atoms with Gasteiger partial charge in [-0.15, -0.1) is 0 Å². The van der Waals surface area contributed by atoms with E-state index in [2.05, 4.69) is 20.3 Å². The number of benzene rings is 2. The first-order valence-corrected chi connectivity index (χ1v) is 11.2. The van der Waals surface area contributed by atoms with Crippen LogP contribution in [-0.2, 0) is 27.1 Å². The van der Waals surface area contributed by atoms with E-state index in [0.717, 1.165) is 5.56 Å². The molecule has 0 aliphatic rings. The van der Waals surface area contributed by atoms with Gasteiger partial charge in [-0.05, 0) is 35.4 Å². The summed E-state index contributed by atoms with van der Waals surface area (Å²) in [7, 11) is -3.77. The van der Waals surface area contributed by atoms with E-state index in [0.29, 0.717) is 16.3 Å². The first-order chi connectivity index (χ1) is 14.7. The summed E-state index contributed by atoms with van der Waals surface area (Å²) in [5.41, 5.74) is 12.5. The summed E-state index contributed by atoms with van der Waals surface area (Å²) in [5.74, 6) is -0.733. The van der Waals surface area contributed by atoms with E-state index < -0.39 is 22.8 Å². The Morgan fingerprint density at radius 2 is 1.84 bits per heavy atom. The fourth-order valence-electron chi connectivity index (χ4n) is 2.56. The highest BCUT2D eigenvalue weighted by molar-refractivity contribution is 7.88. The second kappa shape index (κ2) is 11.6. The minimum absolute atomic E-state index is 0.0474. The molecule has 1 atom stereocenters. The van der Waals surface area contributed by atoms with Crippen molar-refractivity contribution in [3.63, 3.8) is 0 Å². The van der Waals surface area contributed by atoms with Crippen molar-refractivity contribution in [2.75, 3.05) is 13.2 Å². The molecular weight excluding hydrogens is 444 g/mol. The van der Waals surface area contributed by atoms with Gasteiger partial charge in [-0.3, -0.25) is 10.1 Å². The van der Waals surface area contributed by atoms with Crippen molar-refractivity contribution in [1.82, 2.24) is 15.4 Å². The molecule has 0 saturated heterocycles. The van der Waals surface area contributed by atoms with E-state index in [1.165, 1.54) is 0 Å². The van der Waals surface area contributed by atoms with Crippen molar-refractivity contribution >= 4 is 39.2 Å². The predicted octanol–water partition coefficient (Wildman–Crippen LogP) is -0.111. The molecule has 10 nitrogen and oxygen atoms in total. The van der Waals surface area contributed by atoms with E-state index >= 15 is 0 Å². The van der Waals surface area contributed by atoms with Gasteiger partial charge in [0.25, 0.3) is 0 Å². The predicted molar refractivity (Wildman–Crippen MR) is 120 cm³/mol. The standard InChI is InChI=1S/C19H25ClN6O4S/c20-15-3-1-2-14(8-15)12-31(29,30)26-17(11-27)23-10-18(28)24-9-13-4-6-16(7-5-13)25-19(21)22/h1-8,17,23,26-27H,9-12H2,(H,24,28)(H4,21,22,25). The van der Waals surface area contributed by atoms with Gasteiger partial charge in [0.2, 0.25) is 15.9 Å². The highest BCUT2D eigenvalue weighted by Gasteiger charge is 2.18. The number of hydrogen-bond donors (Lipinski definition) is 6. The summed E-state index contributed by atoms with van der Waals surface area (Å²) in [4.78, 5) is 15.9. The van der Waals surface area contributed by atoms with Gasteiger partial charge in [-0.2, -0.15) is 4.72 Å². The molecule has 168 valence electrons. The van der Waals surface area contributed by atoms with Crippen molar-refractivity contribution in [3.05, 3.63) is 64.7 Å². The number of sulfonamides is 1. The fraction of sp³-hybridized carbons (Fsp3) is 0.263. The van der Waals surface area contributed by atoms with Crippen LogP contribution in [0, 0.1) is 0 Å². The number of carbonyl (C=O) groups excluding carboxylic acids is 1. The molecule has 0 saturated carbocycles. The number of nitrogens with zero attached hydrogens (tertiary/aromatic N) is 1. The molecular formula is C19H25ClN6O4S. The molecule has 0 heterocycles. The lowest BCUT2D eigenvalue weighted by Gasteiger charge is -2.18. The van der Waals surface area contributed by atoms with E-state index in [4.69, 9.17) is 23.1 Å². The monoisotopic (exact) mass is 468 g/mol. The average Bonchev–Trinajstić information content (AvgIpc) is 2.69. The Labute approximate surface area is 185 Å². The van der Waals surface area contributed by atoms with Crippen LogP contribution in [-0.4, -0.2) is 44.7 Å². The third-order valence-corrected chi connectivity index (χ3v) is 5.54. The maximum absolute atomic E-state index is 12.3. The lowest BCUT2D eigenvalue weighted by molar-refractivity contribution is -0.120. The zero-order valence-corrected chi connectivity index (χ0v) is 18.2. The third-order valence-electron chi connectivity index (χ3n) is 3.94. The number of rotatable bonds is 11. The van der Waals surface area contributed by atoms with Crippen LogP contribution in [0.15, 0.2) is 53.5 Å². The van der Waals surface area contributed by atoms with Crippen molar-refractivity contribution in [2.24, 2.45) is 16.5 Å². The summed E-state index contributed by atoms with van der Waals surface area (Å²) in [6.07, 6.45) is -1.02. The Kier molecular flexibility index (Phi) is 9.21. The van der Waals surface area contributed by atoms with Crippen LogP contribution in [0.2, 0.25) is 5.02 Å². The van der Waals surface area contributed by atoms with E-state index in [1.54, 1.807) is 48.5 Å². The van der Waals surface area contributed by atoms with Gasteiger partial charge in [0.15, 0.2) is 5.96 Å². The summed E-state index contributed by atoms with van der Waals surface area (Å²) < 4.78 is 26.9. The SMILES string of the molecule is NC(N)=Nc1ccc(CNC(=O)CNC(CO)NS(=O)(=O)Cc2cccc(Cl)c2)cc1. The zero-order valence-electron chi connectivity index (χ0n) is 16.6. The van der Waals surface area contributed by atoms with Crippen LogP contribution in [0.1, 0.15) is 11.1 Å². The van der Waals surface area contributed by atoms with Crippen LogP contribution in [0.3, 0.4) is 0 Å². The number of hydrogen-bond acceptors (Lipinski definition) is 6. The zero-order chi connectivity index (χ0) is 22.9. The normalized spacial score (nSPS) is 12.2. The molecule has 0 aromatic heterocycles. The molecule has 0 aliphatic heterocycles. The number of aliphatic imine (C=N–C) groups is 1. The molecule has 2 aromatic carbocycles. The Balaban J connectivity index is 1.80. The molecule has 2 aromatic rings. The number of carbonyl (C=O) groups is 1. The van der Waals surface area contributed by atoms with Gasteiger partial charge < -0.3 is 21.9 Å². The second-order valence-electron chi connectivity index (χ2n) is 6.60. The molecule has 0 bridgehead atoms. The average molecular weight is 469 g/mol. The Morgan fingerprint density at radius 1 is 1.13 bits per heavy atom. The molecule has 1 unspecified atom stereocenters. The lowest BCUT2D eigenvalue weighted by atomic mass is 10.2. The van der Waals surface area contributed by atoms with Crippen LogP contribution >= 0.6 is 11.6 Å². The van der Waals surface area contributed by atoms with Crippen LogP contribution in [0.25, 0.3) is 0 Å². The van der Waals surface area contributed by atoms with Gasteiger partial charge in [0.05, 0.1) is 30.8 Å². The topological polar surface area (TPSA) is 172 Å². The van der Waals surface area contributed by atoms with Crippen LogP contribution in [0.5, 0.6) is 0 Å². The smallest absolute Gasteiger partial charge is 0.234 e. The van der Waals surface area contributed by atoms with Crippen molar-refractivity contribution in [1.29, 1.82) is 0 Å². The van der Waals surface area contributed by atoms with Crippen LogP contribution in [0.4, 0.5) is 5.69 Å². The number of nitrogens with one attached hydrogen (secondary N) is 3. The molecule has 0 aliphatic carbocycles. The molecule has 8 N–H and O–H groups in total. The number of guanidine groups is 1. The summed E-state index contributed by atoms with van der Waals surface area (Å²) in [6, 6.07) is 13.4. The van der Waals surface area contributed by atoms with Crippen LogP contribution < -0.4 is 26.8 Å². The summed E-state index contributed by atoms with van der Waals surface area (Å²) in [5, 5.41) is 15.2. The number of aliphatic hydroxyl groups excluding tert-OH is 1. The fourth-order valence-corrected chi connectivity index (χ4v) is 4.07. The largest absolute Gasteiger partial charge is 0.393 e. The molecule has 0 fully saturated rings.